The van der Waals surface area contributed by atoms with Crippen LogP contribution >= 0.6 is 0 Å². The van der Waals surface area contributed by atoms with E-state index in [0.717, 1.165) is 17.5 Å². The van der Waals surface area contributed by atoms with Crippen LogP contribution in [0.15, 0.2) is 47.8 Å². The maximum absolute atomic E-state index is 10.6. The van der Waals surface area contributed by atoms with E-state index in [0.29, 0.717) is 23.6 Å². The third-order valence-corrected chi connectivity index (χ3v) is 3.66. The molecular weight excluding hydrogens is 320 g/mol. The number of ether oxygens (including phenoxy) is 1. The van der Waals surface area contributed by atoms with Crippen molar-refractivity contribution in [2.75, 3.05) is 13.7 Å². The van der Waals surface area contributed by atoms with Gasteiger partial charge in [-0.25, -0.2) is 0 Å². The molecule has 1 aromatic heterocycles. The summed E-state index contributed by atoms with van der Waals surface area (Å²) >= 11 is 0. The van der Waals surface area contributed by atoms with E-state index in [9.17, 15) is 4.79 Å². The Hall–Kier alpha value is -2.89. The summed E-state index contributed by atoms with van der Waals surface area (Å²) in [5, 5.41) is 12.7. The first-order chi connectivity index (χ1) is 12.1. The highest BCUT2D eigenvalue weighted by atomic mass is 16.6. The van der Waals surface area contributed by atoms with Crippen molar-refractivity contribution in [1.82, 2.24) is 4.98 Å². The minimum atomic E-state index is -0.803. The Morgan fingerprint density at radius 2 is 1.88 bits per heavy atom. The van der Waals surface area contributed by atoms with Gasteiger partial charge in [-0.2, -0.15) is 0 Å². The number of hydrogen-bond donors (Lipinski definition) is 1. The number of aliphatic carboxylic acids is 1. The second-order valence-corrected chi connectivity index (χ2v) is 5.45. The lowest BCUT2D eigenvalue weighted by Gasteiger charge is -2.09. The van der Waals surface area contributed by atoms with Crippen molar-refractivity contribution in [3.8, 4) is 5.75 Å². The summed E-state index contributed by atoms with van der Waals surface area (Å²) < 4.78 is 5.75. The summed E-state index contributed by atoms with van der Waals surface area (Å²) in [4.78, 5) is 19.9. The van der Waals surface area contributed by atoms with Crippen molar-refractivity contribution in [1.29, 1.82) is 0 Å². The van der Waals surface area contributed by atoms with Gasteiger partial charge in [-0.3, -0.25) is 9.78 Å². The van der Waals surface area contributed by atoms with Crippen molar-refractivity contribution in [2.24, 2.45) is 5.16 Å². The number of oxime groups is 1. The van der Waals surface area contributed by atoms with E-state index in [1.807, 2.05) is 42.6 Å². The van der Waals surface area contributed by atoms with E-state index in [2.05, 4.69) is 17.1 Å². The molecule has 0 atom stereocenters. The van der Waals surface area contributed by atoms with Gasteiger partial charge in [0.2, 0.25) is 0 Å². The molecule has 6 heteroatoms. The van der Waals surface area contributed by atoms with Crippen molar-refractivity contribution in [3.05, 3.63) is 59.4 Å². The topological polar surface area (TPSA) is 81.0 Å². The van der Waals surface area contributed by atoms with Gasteiger partial charge in [-0.1, -0.05) is 30.3 Å². The van der Waals surface area contributed by atoms with E-state index in [1.54, 1.807) is 0 Å². The number of carboxylic acid groups (broad SMARTS) is 1. The molecule has 25 heavy (non-hydrogen) atoms. The third-order valence-electron chi connectivity index (χ3n) is 3.66. The number of pyridine rings is 1. The first-order valence-electron chi connectivity index (χ1n) is 8.11. The monoisotopic (exact) mass is 342 g/mol. The van der Waals surface area contributed by atoms with Gasteiger partial charge in [0.1, 0.15) is 25.2 Å². The Bertz CT molecular complexity index is 709. The van der Waals surface area contributed by atoms with Crippen LogP contribution in [0.1, 0.15) is 30.2 Å². The molecule has 132 valence electrons. The lowest BCUT2D eigenvalue weighted by molar-refractivity contribution is -0.136. The molecule has 0 radical (unpaired) electrons. The molecule has 2 aromatic rings. The van der Waals surface area contributed by atoms with Gasteiger partial charge in [-0.15, -0.1) is 0 Å². The second-order valence-electron chi connectivity index (χ2n) is 5.45. The van der Waals surface area contributed by atoms with E-state index in [4.69, 9.17) is 14.7 Å². The number of carboxylic acids is 1. The zero-order valence-electron chi connectivity index (χ0n) is 14.4. The van der Waals surface area contributed by atoms with E-state index >= 15 is 0 Å². The predicted octanol–water partition coefficient (Wildman–Crippen LogP) is 3.09. The fraction of sp³-hybridized carbons (Fsp3) is 0.316. The third kappa shape index (κ3) is 5.91. The number of carbonyl (C=O) groups is 1. The number of rotatable bonds is 9. The smallest absolute Gasteiger partial charge is 0.303 e. The van der Waals surface area contributed by atoms with Crippen LogP contribution in [0.3, 0.4) is 0 Å². The number of aromatic nitrogens is 1. The van der Waals surface area contributed by atoms with Crippen molar-refractivity contribution < 1.29 is 19.5 Å². The zero-order chi connectivity index (χ0) is 18.1. The minimum absolute atomic E-state index is 0.115. The van der Waals surface area contributed by atoms with Crippen molar-refractivity contribution >= 4 is 11.7 Å². The van der Waals surface area contributed by atoms with Crippen LogP contribution in [-0.4, -0.2) is 35.5 Å². The van der Waals surface area contributed by atoms with Gasteiger partial charge >= 0.3 is 5.97 Å². The Morgan fingerprint density at radius 3 is 2.44 bits per heavy atom. The van der Waals surface area contributed by atoms with Crippen LogP contribution in [-0.2, 0) is 22.5 Å². The molecule has 1 aromatic carbocycles. The summed E-state index contributed by atoms with van der Waals surface area (Å²) in [6, 6.07) is 11.3. The molecule has 0 spiro atoms. The first-order valence-corrected chi connectivity index (χ1v) is 8.11. The number of benzene rings is 1. The largest absolute Gasteiger partial charge is 0.487 e. The van der Waals surface area contributed by atoms with Crippen LogP contribution in [0, 0.1) is 0 Å². The predicted molar refractivity (Wildman–Crippen MR) is 95.1 cm³/mol. The van der Waals surface area contributed by atoms with Crippen LogP contribution in [0.4, 0.5) is 0 Å². The molecule has 0 saturated heterocycles. The average Bonchev–Trinajstić information content (AvgIpc) is 2.64. The highest BCUT2D eigenvalue weighted by molar-refractivity contribution is 5.99. The Balaban J connectivity index is 1.98. The highest BCUT2D eigenvalue weighted by Crippen LogP contribution is 2.14. The summed E-state index contributed by atoms with van der Waals surface area (Å²) in [5.41, 5.74) is 3.41. The molecule has 0 saturated carbocycles. The van der Waals surface area contributed by atoms with E-state index in [-0.39, 0.29) is 13.0 Å². The molecule has 2 rings (SSSR count). The van der Waals surface area contributed by atoms with Gasteiger partial charge in [0, 0.05) is 12.6 Å². The molecule has 0 aliphatic rings. The van der Waals surface area contributed by atoms with Crippen LogP contribution in [0.2, 0.25) is 0 Å². The average molecular weight is 342 g/mol. The SMILES string of the molecule is CCc1ccc(C(COc2ccc(CCC(=O)O)cc2)=NOC)nc1. The lowest BCUT2D eigenvalue weighted by Crippen LogP contribution is -2.15. The highest BCUT2D eigenvalue weighted by Gasteiger charge is 2.08. The molecule has 0 amide bonds. The quantitative estimate of drug-likeness (QED) is 0.559. The molecule has 0 aliphatic heterocycles. The fourth-order valence-corrected chi connectivity index (χ4v) is 2.22. The van der Waals surface area contributed by atoms with Gasteiger partial charge in [0.25, 0.3) is 0 Å². The summed E-state index contributed by atoms with van der Waals surface area (Å²) in [5.74, 6) is -0.129. The van der Waals surface area contributed by atoms with Gasteiger partial charge in [0.15, 0.2) is 0 Å². The van der Waals surface area contributed by atoms with Crippen LogP contribution < -0.4 is 4.74 Å². The maximum atomic E-state index is 10.6. The normalized spacial score (nSPS) is 11.2. The van der Waals surface area contributed by atoms with Crippen molar-refractivity contribution in [2.45, 2.75) is 26.2 Å². The Morgan fingerprint density at radius 1 is 1.16 bits per heavy atom. The maximum Gasteiger partial charge on any atom is 0.303 e. The second kappa shape index (κ2) is 9.42. The number of aryl methyl sites for hydroxylation is 2. The number of nitrogens with zero attached hydrogens (tertiary/aromatic N) is 2. The summed E-state index contributed by atoms with van der Waals surface area (Å²) in [6.07, 6.45) is 3.36. The molecule has 0 aliphatic carbocycles. The first kappa shape index (κ1) is 18.4. The standard InChI is InChI=1S/C19H22N2O4/c1-3-14-6-10-17(20-12-14)18(21-24-2)13-25-16-8-4-15(5-9-16)7-11-19(22)23/h4-6,8-10,12H,3,7,11,13H2,1-2H3,(H,22,23). The van der Waals surface area contributed by atoms with Gasteiger partial charge < -0.3 is 14.7 Å². The Kier molecular flexibility index (Phi) is 6.95. The zero-order valence-corrected chi connectivity index (χ0v) is 14.4. The molecule has 6 nitrogen and oxygen atoms in total. The lowest BCUT2D eigenvalue weighted by atomic mass is 10.1. The summed E-state index contributed by atoms with van der Waals surface area (Å²) in [7, 11) is 1.48. The fourth-order valence-electron chi connectivity index (χ4n) is 2.22. The van der Waals surface area contributed by atoms with E-state index in [1.165, 1.54) is 7.11 Å². The summed E-state index contributed by atoms with van der Waals surface area (Å²) in [6.45, 7) is 2.30. The number of hydrogen-bond acceptors (Lipinski definition) is 5. The minimum Gasteiger partial charge on any atom is -0.487 e. The molecule has 0 bridgehead atoms. The molecule has 1 N–H and O–H groups in total. The molecule has 1 heterocycles. The molecule has 0 unspecified atom stereocenters. The van der Waals surface area contributed by atoms with Gasteiger partial charge in [-0.05, 0) is 42.2 Å². The van der Waals surface area contributed by atoms with Crippen LogP contribution in [0.5, 0.6) is 5.75 Å². The molecule has 0 fully saturated rings. The van der Waals surface area contributed by atoms with E-state index < -0.39 is 5.97 Å². The van der Waals surface area contributed by atoms with Gasteiger partial charge in [0.05, 0.1) is 5.69 Å². The van der Waals surface area contributed by atoms with Crippen molar-refractivity contribution in [3.63, 3.8) is 0 Å². The molecular formula is C19H22N2O4. The van der Waals surface area contributed by atoms with Crippen LogP contribution in [0.25, 0.3) is 0 Å². The Labute approximate surface area is 147 Å².